The van der Waals surface area contributed by atoms with E-state index in [-0.39, 0.29) is 5.56 Å². The molecule has 7 N–H and O–H groups in total. The van der Waals surface area contributed by atoms with E-state index in [4.69, 9.17) is 5.73 Å². The molecule has 0 aromatic heterocycles. The Morgan fingerprint density at radius 1 is 1.05 bits per heavy atom. The molecule has 0 aliphatic heterocycles. The number of phenols is 1. The largest absolute Gasteiger partial charge is 0.508 e. The van der Waals surface area contributed by atoms with E-state index >= 15 is 0 Å². The van der Waals surface area contributed by atoms with Gasteiger partial charge in [0.05, 0.1) is 23.6 Å². The average molecular weight is 539 g/mol. The van der Waals surface area contributed by atoms with Crippen LogP contribution in [0.2, 0.25) is 0 Å². The second kappa shape index (κ2) is 8.73. The molecular weight excluding hydrogens is 511 g/mol. The Morgan fingerprint density at radius 3 is 2.23 bits per heavy atom. The van der Waals surface area contributed by atoms with Crippen molar-refractivity contribution in [2.24, 2.45) is 17.6 Å². The van der Waals surface area contributed by atoms with E-state index in [1.54, 1.807) is 13.0 Å². The highest BCUT2D eigenvalue weighted by Gasteiger charge is 2.68. The summed E-state index contributed by atoms with van der Waals surface area (Å²) < 4.78 is 13.6. The van der Waals surface area contributed by atoms with Gasteiger partial charge in [-0.1, -0.05) is 25.1 Å². The molecular formula is C28H27FN2O8. The number of primary amides is 1. The molecule has 0 saturated heterocycles. The number of phenolic OH excluding ortho intramolecular Hbond substituents is 1. The summed E-state index contributed by atoms with van der Waals surface area (Å²) in [5.74, 6) is -10.1. The Bertz CT molecular complexity index is 1510. The summed E-state index contributed by atoms with van der Waals surface area (Å²) in [5, 5.41) is 56.6. The van der Waals surface area contributed by atoms with Crippen LogP contribution in [0.25, 0.3) is 16.9 Å². The van der Waals surface area contributed by atoms with Crippen LogP contribution in [0.4, 0.5) is 4.39 Å². The number of aromatic hydroxyl groups is 1. The first-order chi connectivity index (χ1) is 18.2. The van der Waals surface area contributed by atoms with E-state index in [2.05, 4.69) is 0 Å². The first-order valence-corrected chi connectivity index (χ1v) is 12.2. The number of ketones is 2. The van der Waals surface area contributed by atoms with E-state index in [1.165, 1.54) is 49.3 Å². The van der Waals surface area contributed by atoms with Crippen molar-refractivity contribution in [2.75, 3.05) is 14.1 Å². The quantitative estimate of drug-likeness (QED) is 0.314. The average Bonchev–Trinajstić information content (AvgIpc) is 2.86. The fourth-order valence-corrected chi connectivity index (χ4v) is 6.58. The summed E-state index contributed by atoms with van der Waals surface area (Å²) in [7, 11) is 2.88. The van der Waals surface area contributed by atoms with E-state index in [0.717, 1.165) is 0 Å². The van der Waals surface area contributed by atoms with Gasteiger partial charge in [0, 0.05) is 11.5 Å². The molecule has 1 fully saturated rings. The van der Waals surface area contributed by atoms with Crippen LogP contribution in [-0.2, 0) is 14.4 Å². The maximum atomic E-state index is 14.0. The number of halogens is 1. The number of hydrogen-bond acceptors (Lipinski definition) is 9. The number of nitrogens with two attached hydrogens (primary N) is 1. The number of carbonyl (C=O) groups is 3. The van der Waals surface area contributed by atoms with Gasteiger partial charge in [0.2, 0.25) is 5.78 Å². The number of Topliss-reactive ketones (excluding diaryl/α,β-unsaturated/α-hetero) is 2. The lowest BCUT2D eigenvalue weighted by atomic mass is 9.54. The van der Waals surface area contributed by atoms with Gasteiger partial charge in [-0.3, -0.25) is 19.3 Å². The highest BCUT2D eigenvalue weighted by molar-refractivity contribution is 6.24. The number of rotatable bonds is 3. The summed E-state index contributed by atoms with van der Waals surface area (Å²) >= 11 is 0. The van der Waals surface area contributed by atoms with E-state index in [0.29, 0.717) is 16.7 Å². The number of hydrogen-bond donors (Lipinski definition) is 6. The molecule has 0 radical (unpaired) electrons. The fraction of sp³-hybridized carbons (Fsp3) is 0.321. The van der Waals surface area contributed by atoms with Crippen LogP contribution < -0.4 is 5.73 Å². The number of aliphatic hydroxyl groups is 4. The predicted octanol–water partition coefficient (Wildman–Crippen LogP) is 1.30. The van der Waals surface area contributed by atoms with Gasteiger partial charge < -0.3 is 31.3 Å². The Balaban J connectivity index is 1.82. The lowest BCUT2D eigenvalue weighted by molar-refractivity contribution is -0.169. The molecule has 204 valence electrons. The Labute approximate surface area is 222 Å². The van der Waals surface area contributed by atoms with Gasteiger partial charge in [-0.15, -0.1) is 0 Å². The zero-order valence-corrected chi connectivity index (χ0v) is 21.2. The molecule has 3 aliphatic rings. The number of fused-ring (bicyclic) bond motifs is 3. The second-order valence-electron chi connectivity index (χ2n) is 10.5. The lowest BCUT2D eigenvalue weighted by Gasteiger charge is -2.53. The van der Waals surface area contributed by atoms with Crippen molar-refractivity contribution in [2.45, 2.75) is 30.6 Å². The normalized spacial score (nSPS) is 30.3. The summed E-state index contributed by atoms with van der Waals surface area (Å²) in [6.07, 6.45) is -1.70. The van der Waals surface area contributed by atoms with Crippen LogP contribution in [0, 0.1) is 17.7 Å². The van der Waals surface area contributed by atoms with Crippen molar-refractivity contribution < 1.29 is 44.3 Å². The molecule has 1 amide bonds. The molecule has 2 aromatic rings. The minimum atomic E-state index is -2.98. The highest BCUT2D eigenvalue weighted by Crippen LogP contribution is 2.57. The molecule has 11 heteroatoms. The molecule has 5 rings (SSSR count). The van der Waals surface area contributed by atoms with E-state index < -0.39 is 87.2 Å². The minimum absolute atomic E-state index is 0.132. The van der Waals surface area contributed by atoms with Gasteiger partial charge in [0.25, 0.3) is 5.91 Å². The number of amides is 1. The number of aliphatic hydroxyl groups excluding tert-OH is 3. The topological polar surface area (TPSA) is 182 Å². The number of nitrogens with zero attached hydrogens (tertiary/aromatic N) is 1. The minimum Gasteiger partial charge on any atom is -0.508 e. The molecule has 0 bridgehead atoms. The zero-order valence-electron chi connectivity index (χ0n) is 21.2. The third-order valence-electron chi connectivity index (χ3n) is 8.26. The Kier molecular flexibility index (Phi) is 5.94. The lowest BCUT2D eigenvalue weighted by Crippen LogP contribution is -2.70. The van der Waals surface area contributed by atoms with Gasteiger partial charge in [-0.2, -0.15) is 0 Å². The van der Waals surface area contributed by atoms with Crippen molar-refractivity contribution in [1.29, 1.82) is 0 Å². The maximum Gasteiger partial charge on any atom is 0.255 e. The number of carbonyl (C=O) groups excluding carboxylic acids is 3. The molecule has 3 aliphatic carbocycles. The summed E-state index contributed by atoms with van der Waals surface area (Å²) in [4.78, 5) is 40.7. The molecule has 0 spiro atoms. The molecule has 6 atom stereocenters. The van der Waals surface area contributed by atoms with Gasteiger partial charge >= 0.3 is 0 Å². The van der Waals surface area contributed by atoms with Crippen LogP contribution in [0.15, 0.2) is 53.3 Å². The SMILES string of the molecule is C[C@H]1c2c(-c3ccc(F)cc3)ccc(O)c2C(O)=C2C(=O)[C@@]3(O)C(O)=C(C(N)=O)C(=O)[C@H](N(C)C)[C@H]3[C@H](O)[C@H]21. The van der Waals surface area contributed by atoms with E-state index in [9.17, 15) is 44.3 Å². The van der Waals surface area contributed by atoms with Crippen molar-refractivity contribution in [1.82, 2.24) is 4.90 Å². The fourth-order valence-electron chi connectivity index (χ4n) is 6.58. The van der Waals surface area contributed by atoms with Crippen LogP contribution in [-0.4, -0.2) is 79.7 Å². The van der Waals surface area contributed by atoms with Crippen LogP contribution in [0.3, 0.4) is 0 Å². The monoisotopic (exact) mass is 538 g/mol. The van der Waals surface area contributed by atoms with Crippen molar-refractivity contribution in [3.05, 3.63) is 70.2 Å². The van der Waals surface area contributed by atoms with Crippen molar-refractivity contribution in [3.8, 4) is 16.9 Å². The molecule has 0 heterocycles. The zero-order chi connectivity index (χ0) is 28.7. The number of benzene rings is 2. The first-order valence-electron chi connectivity index (χ1n) is 12.2. The van der Waals surface area contributed by atoms with Gasteiger partial charge in [-0.05, 0) is 54.9 Å². The molecule has 10 nitrogen and oxygen atoms in total. The summed E-state index contributed by atoms with van der Waals surface area (Å²) in [6, 6.07) is 6.89. The van der Waals surface area contributed by atoms with Gasteiger partial charge in [-0.25, -0.2) is 4.39 Å². The Morgan fingerprint density at radius 2 is 1.67 bits per heavy atom. The predicted molar refractivity (Wildman–Crippen MR) is 136 cm³/mol. The molecule has 2 aromatic carbocycles. The molecule has 0 unspecified atom stereocenters. The summed E-state index contributed by atoms with van der Waals surface area (Å²) in [6.45, 7) is 1.64. The van der Waals surface area contributed by atoms with E-state index in [1.807, 2.05) is 0 Å². The summed E-state index contributed by atoms with van der Waals surface area (Å²) in [5.41, 5.74) is 2.14. The smallest absolute Gasteiger partial charge is 0.255 e. The van der Waals surface area contributed by atoms with Crippen LogP contribution in [0.5, 0.6) is 5.75 Å². The Hall–Kier alpha value is -4.06. The van der Waals surface area contributed by atoms with Gasteiger partial charge in [0.15, 0.2) is 11.4 Å². The van der Waals surface area contributed by atoms with Crippen LogP contribution >= 0.6 is 0 Å². The third kappa shape index (κ3) is 3.40. The first kappa shape index (κ1) is 26.5. The highest BCUT2D eigenvalue weighted by atomic mass is 19.1. The second-order valence-corrected chi connectivity index (χ2v) is 10.5. The maximum absolute atomic E-state index is 14.0. The van der Waals surface area contributed by atoms with Crippen molar-refractivity contribution in [3.63, 3.8) is 0 Å². The van der Waals surface area contributed by atoms with Gasteiger partial charge in [0.1, 0.15) is 28.7 Å². The standard InChI is InChI=1S/C28H27FN2O8/c1-10-15-13(11-4-6-12(29)7-5-11)8-9-14(32)17(15)22(33)18-16(10)23(34)20-21(31(2)3)24(35)19(27(30)38)26(37)28(20,39)25(18)36/h4-10,16,20-21,23,32-34,37,39H,1-3H3,(H2,30,38)/t10-,16-,20-,21+,23+,28+/m0/s1. The number of likely N-dealkylation sites (N-methyl/N-ethyl adjacent to an activating group) is 1. The molecule has 39 heavy (non-hydrogen) atoms. The van der Waals surface area contributed by atoms with Crippen LogP contribution in [0.1, 0.15) is 24.0 Å². The van der Waals surface area contributed by atoms with Crippen molar-refractivity contribution >= 4 is 23.2 Å². The third-order valence-corrected chi connectivity index (χ3v) is 8.26. The molecule has 1 saturated carbocycles.